The smallest absolute Gasteiger partial charge is 0.255 e. The van der Waals surface area contributed by atoms with E-state index in [0.29, 0.717) is 6.54 Å². The van der Waals surface area contributed by atoms with Crippen LogP contribution in [0, 0.1) is 0 Å². The number of imide groups is 1. The summed E-state index contributed by atoms with van der Waals surface area (Å²) in [6.45, 7) is 7.51. The van der Waals surface area contributed by atoms with Crippen LogP contribution < -0.4 is 5.32 Å². The van der Waals surface area contributed by atoms with Gasteiger partial charge in [-0.15, -0.1) is 0 Å². The number of hydrogen-bond donors (Lipinski definition) is 1. The molecule has 15 heavy (non-hydrogen) atoms. The number of nitrogens with one attached hydrogen (secondary N) is 1. The number of carbonyl (C=O) groups excluding carboxylic acids is 2. The largest absolute Gasteiger partial charge is 0.362 e. The van der Waals surface area contributed by atoms with Gasteiger partial charge < -0.3 is 10.1 Å². The molecule has 0 aromatic rings. The average molecular weight is 212 g/mol. The molecule has 5 heteroatoms. The molecule has 1 saturated heterocycles. The Labute approximate surface area is 89.1 Å². The number of carbonyl (C=O) groups is 2. The first kappa shape index (κ1) is 11.9. The zero-order chi connectivity index (χ0) is 11.3. The molecule has 0 atom stereocenters. The van der Waals surface area contributed by atoms with Crippen molar-refractivity contribution in [3.63, 3.8) is 0 Å². The third-order valence-electron chi connectivity index (χ3n) is 2.06. The fourth-order valence-electron chi connectivity index (χ4n) is 1.28. The minimum Gasteiger partial charge on any atom is -0.362 e. The van der Waals surface area contributed by atoms with Crippen LogP contribution in [0.4, 0.5) is 0 Å². The summed E-state index contributed by atoms with van der Waals surface area (Å²) >= 11 is 0. The fraction of sp³-hybridized carbons (Fsp3) is 0.600. The molecule has 0 radical (unpaired) electrons. The van der Waals surface area contributed by atoms with Crippen LogP contribution in [0.3, 0.4) is 0 Å². The van der Waals surface area contributed by atoms with Crippen molar-refractivity contribution in [3.8, 4) is 0 Å². The second-order valence-electron chi connectivity index (χ2n) is 3.40. The van der Waals surface area contributed by atoms with Crippen molar-refractivity contribution in [1.82, 2.24) is 10.2 Å². The molecule has 0 spiro atoms. The van der Waals surface area contributed by atoms with Gasteiger partial charge in [0.25, 0.3) is 11.8 Å². The highest BCUT2D eigenvalue weighted by Gasteiger charge is 2.26. The van der Waals surface area contributed by atoms with E-state index in [1.54, 1.807) is 0 Å². The quantitative estimate of drug-likeness (QED) is 0.495. The van der Waals surface area contributed by atoms with Gasteiger partial charge in [-0.2, -0.15) is 0 Å². The SMILES string of the molecule is C=C(CNCC)CN1C(=O)COCC1=O. The summed E-state index contributed by atoms with van der Waals surface area (Å²) in [5.74, 6) is -0.576. The molecular weight excluding hydrogens is 196 g/mol. The molecule has 1 aliphatic heterocycles. The topological polar surface area (TPSA) is 58.6 Å². The number of hydrogen-bond acceptors (Lipinski definition) is 4. The van der Waals surface area contributed by atoms with E-state index < -0.39 is 0 Å². The molecule has 0 aromatic carbocycles. The average Bonchev–Trinajstić information content (AvgIpc) is 2.21. The third-order valence-corrected chi connectivity index (χ3v) is 2.06. The van der Waals surface area contributed by atoms with E-state index in [4.69, 9.17) is 4.74 Å². The summed E-state index contributed by atoms with van der Waals surface area (Å²) in [7, 11) is 0. The van der Waals surface area contributed by atoms with Crippen LogP contribution >= 0.6 is 0 Å². The number of nitrogens with zero attached hydrogens (tertiary/aromatic N) is 1. The van der Waals surface area contributed by atoms with E-state index in [1.807, 2.05) is 6.92 Å². The predicted octanol–water partition coefficient (Wildman–Crippen LogP) is -0.462. The highest BCUT2D eigenvalue weighted by Crippen LogP contribution is 2.03. The van der Waals surface area contributed by atoms with E-state index in [1.165, 1.54) is 4.90 Å². The van der Waals surface area contributed by atoms with Crippen molar-refractivity contribution in [3.05, 3.63) is 12.2 Å². The van der Waals surface area contributed by atoms with E-state index >= 15 is 0 Å². The molecule has 0 saturated carbocycles. The van der Waals surface area contributed by atoms with E-state index in [0.717, 1.165) is 12.1 Å². The Balaban J connectivity index is 2.44. The first-order chi connectivity index (χ1) is 7.15. The van der Waals surface area contributed by atoms with Gasteiger partial charge in [0, 0.05) is 6.54 Å². The molecule has 0 aromatic heterocycles. The maximum atomic E-state index is 11.3. The molecule has 1 fully saturated rings. The molecule has 2 amide bonds. The van der Waals surface area contributed by atoms with Gasteiger partial charge in [-0.3, -0.25) is 14.5 Å². The molecule has 5 nitrogen and oxygen atoms in total. The molecule has 1 heterocycles. The van der Waals surface area contributed by atoms with Gasteiger partial charge in [-0.05, 0) is 12.1 Å². The van der Waals surface area contributed by atoms with Gasteiger partial charge in [0.2, 0.25) is 0 Å². The number of likely N-dealkylation sites (N-methyl/N-ethyl adjacent to an activating group) is 1. The van der Waals surface area contributed by atoms with Crippen LogP contribution in [0.25, 0.3) is 0 Å². The van der Waals surface area contributed by atoms with Gasteiger partial charge in [0.15, 0.2) is 0 Å². The normalized spacial score (nSPS) is 17.0. The van der Waals surface area contributed by atoms with Crippen molar-refractivity contribution in [2.45, 2.75) is 6.92 Å². The van der Waals surface area contributed by atoms with E-state index in [9.17, 15) is 9.59 Å². The van der Waals surface area contributed by atoms with Gasteiger partial charge in [-0.1, -0.05) is 13.5 Å². The van der Waals surface area contributed by atoms with Gasteiger partial charge in [0.1, 0.15) is 13.2 Å². The number of morpholine rings is 1. The lowest BCUT2D eigenvalue weighted by molar-refractivity contribution is -0.157. The Morgan fingerprint density at radius 1 is 1.47 bits per heavy atom. The highest BCUT2D eigenvalue weighted by atomic mass is 16.5. The van der Waals surface area contributed by atoms with Crippen molar-refractivity contribution >= 4 is 11.8 Å². The van der Waals surface area contributed by atoms with Crippen LogP contribution in [0.5, 0.6) is 0 Å². The fourth-order valence-corrected chi connectivity index (χ4v) is 1.28. The highest BCUT2D eigenvalue weighted by molar-refractivity contribution is 5.98. The first-order valence-electron chi connectivity index (χ1n) is 4.93. The standard InChI is InChI=1S/C10H16N2O3/c1-3-11-4-8(2)5-12-9(13)6-15-7-10(12)14/h11H,2-7H2,1H3. The Morgan fingerprint density at radius 3 is 2.60 bits per heavy atom. The summed E-state index contributed by atoms with van der Waals surface area (Å²) < 4.78 is 4.80. The lowest BCUT2D eigenvalue weighted by Crippen LogP contribution is -2.47. The Kier molecular flexibility index (Phi) is 4.45. The third kappa shape index (κ3) is 3.45. The number of amides is 2. The zero-order valence-electron chi connectivity index (χ0n) is 8.91. The first-order valence-corrected chi connectivity index (χ1v) is 4.93. The molecule has 1 N–H and O–H groups in total. The lowest BCUT2D eigenvalue weighted by atomic mass is 10.2. The zero-order valence-corrected chi connectivity index (χ0v) is 8.91. The van der Waals surface area contributed by atoms with Gasteiger partial charge in [-0.25, -0.2) is 0 Å². The van der Waals surface area contributed by atoms with Gasteiger partial charge >= 0.3 is 0 Å². The van der Waals surface area contributed by atoms with E-state index in [-0.39, 0.29) is 31.6 Å². The summed E-state index contributed by atoms with van der Waals surface area (Å²) in [5.41, 5.74) is 0.820. The number of ether oxygens (including phenoxy) is 1. The second-order valence-corrected chi connectivity index (χ2v) is 3.40. The monoisotopic (exact) mass is 212 g/mol. The van der Waals surface area contributed by atoms with Crippen LogP contribution in [-0.2, 0) is 14.3 Å². The summed E-state index contributed by atoms with van der Waals surface area (Å²) in [6.07, 6.45) is 0. The minimum atomic E-state index is -0.288. The maximum absolute atomic E-state index is 11.3. The van der Waals surface area contributed by atoms with Crippen LogP contribution in [0.1, 0.15) is 6.92 Å². The molecule has 0 aliphatic carbocycles. The lowest BCUT2D eigenvalue weighted by Gasteiger charge is -2.25. The summed E-state index contributed by atoms with van der Waals surface area (Å²) in [4.78, 5) is 23.9. The maximum Gasteiger partial charge on any atom is 0.255 e. The van der Waals surface area contributed by atoms with Crippen LogP contribution in [0.2, 0.25) is 0 Å². The summed E-state index contributed by atoms with van der Waals surface area (Å²) in [5, 5.41) is 3.09. The Hall–Kier alpha value is -1.20. The van der Waals surface area contributed by atoms with Crippen molar-refractivity contribution in [2.75, 3.05) is 32.8 Å². The summed E-state index contributed by atoms with van der Waals surface area (Å²) in [6, 6.07) is 0. The molecule has 1 rings (SSSR count). The molecule has 0 bridgehead atoms. The molecular formula is C10H16N2O3. The Morgan fingerprint density at radius 2 is 2.07 bits per heavy atom. The number of rotatable bonds is 5. The van der Waals surface area contributed by atoms with E-state index in [2.05, 4.69) is 11.9 Å². The van der Waals surface area contributed by atoms with Gasteiger partial charge in [0.05, 0.1) is 6.54 Å². The molecule has 0 unspecified atom stereocenters. The molecule has 1 aliphatic rings. The predicted molar refractivity (Wildman–Crippen MR) is 55.2 cm³/mol. The second kappa shape index (κ2) is 5.63. The Bertz CT molecular complexity index is 260. The van der Waals surface area contributed by atoms with Crippen molar-refractivity contribution in [1.29, 1.82) is 0 Å². The van der Waals surface area contributed by atoms with Crippen LogP contribution in [0.15, 0.2) is 12.2 Å². The van der Waals surface area contributed by atoms with Crippen LogP contribution in [-0.4, -0.2) is 49.6 Å². The van der Waals surface area contributed by atoms with Crippen molar-refractivity contribution < 1.29 is 14.3 Å². The van der Waals surface area contributed by atoms with Crippen molar-refractivity contribution in [2.24, 2.45) is 0 Å². The minimum absolute atomic E-state index is 0.0137. The molecule has 84 valence electrons.